The van der Waals surface area contributed by atoms with E-state index in [1.54, 1.807) is 0 Å². The van der Waals surface area contributed by atoms with E-state index in [0.29, 0.717) is 0 Å². The van der Waals surface area contributed by atoms with E-state index in [0.717, 1.165) is 4.90 Å². The van der Waals surface area contributed by atoms with E-state index >= 15 is 0 Å². The van der Waals surface area contributed by atoms with Gasteiger partial charge in [-0.1, -0.05) is 12.7 Å². The van der Waals surface area contributed by atoms with Crippen molar-refractivity contribution >= 4 is 12.1 Å². The standard InChI is InChI=1S/C11H13F2NO4/c1-2-5-18-9(17)14-4-3-10(6-11(10,12)13)7(14)8(15)16/h2,7H,1,3-6H2,(H,15,16). The van der Waals surface area contributed by atoms with E-state index < -0.39 is 35.9 Å². The first-order chi connectivity index (χ1) is 8.35. The topological polar surface area (TPSA) is 66.8 Å². The lowest BCUT2D eigenvalue weighted by molar-refractivity contribution is -0.145. The zero-order chi connectivity index (χ0) is 13.6. The van der Waals surface area contributed by atoms with E-state index in [1.807, 2.05) is 0 Å². The molecule has 2 fully saturated rings. The number of carbonyl (C=O) groups is 2. The van der Waals surface area contributed by atoms with Crippen molar-refractivity contribution in [3.8, 4) is 0 Å². The third kappa shape index (κ3) is 1.65. The largest absolute Gasteiger partial charge is 0.480 e. The van der Waals surface area contributed by atoms with Crippen molar-refractivity contribution in [1.82, 2.24) is 4.90 Å². The SMILES string of the molecule is C=CCOC(=O)N1CCC2(CC2(F)F)C1C(=O)O. The fraction of sp³-hybridized carbons (Fsp3) is 0.636. The molecule has 1 spiro atoms. The van der Waals surface area contributed by atoms with Crippen LogP contribution in [0, 0.1) is 5.41 Å². The second kappa shape index (κ2) is 3.93. The van der Waals surface area contributed by atoms with Crippen molar-refractivity contribution in [1.29, 1.82) is 0 Å². The maximum absolute atomic E-state index is 13.3. The minimum atomic E-state index is -3.01. The number of likely N-dealkylation sites (tertiary alicyclic amines) is 1. The summed E-state index contributed by atoms with van der Waals surface area (Å²) in [6, 6.07) is -1.51. The first-order valence-corrected chi connectivity index (χ1v) is 5.51. The summed E-state index contributed by atoms with van der Waals surface area (Å²) in [5.41, 5.74) is -1.61. The number of amides is 1. The number of carboxylic acids is 1. The van der Waals surface area contributed by atoms with Crippen molar-refractivity contribution in [3.63, 3.8) is 0 Å². The van der Waals surface area contributed by atoms with Gasteiger partial charge in [-0.3, -0.25) is 4.90 Å². The number of alkyl halides is 2. The fourth-order valence-corrected chi connectivity index (χ4v) is 2.58. The van der Waals surface area contributed by atoms with Gasteiger partial charge in [0.15, 0.2) is 0 Å². The predicted molar refractivity (Wildman–Crippen MR) is 56.3 cm³/mol. The number of halogens is 2. The Balaban J connectivity index is 2.16. The molecule has 1 saturated carbocycles. The third-order valence-corrected chi connectivity index (χ3v) is 3.57. The van der Waals surface area contributed by atoms with Gasteiger partial charge in [-0.05, 0) is 6.42 Å². The van der Waals surface area contributed by atoms with Crippen LogP contribution in [0.15, 0.2) is 12.7 Å². The second-order valence-corrected chi connectivity index (χ2v) is 4.59. The summed E-state index contributed by atoms with van der Waals surface area (Å²) in [6.45, 7) is 3.24. The average molecular weight is 261 g/mol. The van der Waals surface area contributed by atoms with Crippen molar-refractivity contribution in [2.75, 3.05) is 13.2 Å². The number of carboxylic acid groups (broad SMARTS) is 1. The number of rotatable bonds is 3. The second-order valence-electron chi connectivity index (χ2n) is 4.59. The molecule has 2 unspecified atom stereocenters. The van der Waals surface area contributed by atoms with Gasteiger partial charge in [0.1, 0.15) is 12.6 Å². The van der Waals surface area contributed by atoms with Crippen molar-refractivity contribution < 1.29 is 28.2 Å². The zero-order valence-electron chi connectivity index (χ0n) is 9.57. The molecule has 0 aromatic carbocycles. The summed E-state index contributed by atoms with van der Waals surface area (Å²) in [5.74, 6) is -4.43. The molecular weight excluding hydrogens is 248 g/mol. The smallest absolute Gasteiger partial charge is 0.410 e. The molecule has 18 heavy (non-hydrogen) atoms. The van der Waals surface area contributed by atoms with Crippen LogP contribution in [0.25, 0.3) is 0 Å². The number of aliphatic carboxylic acids is 1. The van der Waals surface area contributed by atoms with Crippen LogP contribution in [0.5, 0.6) is 0 Å². The summed E-state index contributed by atoms with van der Waals surface area (Å²) in [6.07, 6.45) is -0.0602. The molecule has 2 atom stereocenters. The van der Waals surface area contributed by atoms with Crippen LogP contribution in [0.2, 0.25) is 0 Å². The average Bonchev–Trinajstić information content (AvgIpc) is 2.68. The molecule has 0 radical (unpaired) electrons. The van der Waals surface area contributed by atoms with Crippen LogP contribution in [0.4, 0.5) is 13.6 Å². The molecule has 2 aliphatic rings. The van der Waals surface area contributed by atoms with Crippen molar-refractivity contribution in [3.05, 3.63) is 12.7 Å². The molecule has 1 aliphatic heterocycles. The van der Waals surface area contributed by atoms with E-state index in [2.05, 4.69) is 6.58 Å². The molecule has 2 rings (SSSR count). The molecule has 0 aromatic rings. The summed E-state index contributed by atoms with van der Waals surface area (Å²) < 4.78 is 31.4. The van der Waals surface area contributed by atoms with Crippen LogP contribution in [0.1, 0.15) is 12.8 Å². The number of hydrogen-bond acceptors (Lipinski definition) is 3. The van der Waals surface area contributed by atoms with Crippen LogP contribution >= 0.6 is 0 Å². The van der Waals surface area contributed by atoms with Gasteiger partial charge in [-0.25, -0.2) is 18.4 Å². The highest BCUT2D eigenvalue weighted by Crippen LogP contribution is 2.68. The highest BCUT2D eigenvalue weighted by atomic mass is 19.3. The highest BCUT2D eigenvalue weighted by molar-refractivity contribution is 5.83. The van der Waals surface area contributed by atoms with Crippen LogP contribution in [-0.2, 0) is 9.53 Å². The lowest BCUT2D eigenvalue weighted by Gasteiger charge is -2.23. The number of hydrogen-bond donors (Lipinski definition) is 1. The number of nitrogens with zero attached hydrogens (tertiary/aromatic N) is 1. The van der Waals surface area contributed by atoms with Gasteiger partial charge in [0, 0.05) is 13.0 Å². The molecule has 0 aromatic heterocycles. The Kier molecular flexibility index (Phi) is 2.79. The maximum atomic E-state index is 13.3. The minimum absolute atomic E-state index is 0.0137. The first-order valence-electron chi connectivity index (χ1n) is 5.51. The minimum Gasteiger partial charge on any atom is -0.480 e. The molecule has 1 amide bonds. The lowest BCUT2D eigenvalue weighted by Crippen LogP contribution is -2.45. The van der Waals surface area contributed by atoms with E-state index in [9.17, 15) is 18.4 Å². The molecule has 0 bridgehead atoms. The molecule has 5 nitrogen and oxygen atoms in total. The summed E-state index contributed by atoms with van der Waals surface area (Å²) in [5, 5.41) is 9.06. The molecule has 7 heteroatoms. The molecular formula is C11H13F2NO4. The monoisotopic (exact) mass is 261 g/mol. The molecule has 100 valence electrons. The predicted octanol–water partition coefficient (Wildman–Crippen LogP) is 1.49. The van der Waals surface area contributed by atoms with Crippen LogP contribution in [0.3, 0.4) is 0 Å². The summed E-state index contributed by atoms with van der Waals surface area (Å²) >= 11 is 0. The van der Waals surface area contributed by atoms with Gasteiger partial charge in [0.2, 0.25) is 0 Å². The van der Waals surface area contributed by atoms with Gasteiger partial charge < -0.3 is 9.84 Å². The first kappa shape index (κ1) is 12.8. The van der Waals surface area contributed by atoms with E-state index in [-0.39, 0.29) is 19.6 Å². The Morgan fingerprint density at radius 1 is 1.56 bits per heavy atom. The zero-order valence-corrected chi connectivity index (χ0v) is 9.57. The Morgan fingerprint density at radius 3 is 2.61 bits per heavy atom. The lowest BCUT2D eigenvalue weighted by atomic mass is 9.96. The quantitative estimate of drug-likeness (QED) is 0.782. The number of ether oxygens (including phenoxy) is 1. The third-order valence-electron chi connectivity index (χ3n) is 3.57. The Hall–Kier alpha value is -1.66. The van der Waals surface area contributed by atoms with Gasteiger partial charge in [0.05, 0.1) is 5.41 Å². The summed E-state index contributed by atoms with van der Waals surface area (Å²) in [4.78, 5) is 23.6. The van der Waals surface area contributed by atoms with E-state index in [4.69, 9.17) is 9.84 Å². The van der Waals surface area contributed by atoms with Crippen LogP contribution < -0.4 is 0 Å². The van der Waals surface area contributed by atoms with Gasteiger partial charge in [-0.2, -0.15) is 0 Å². The van der Waals surface area contributed by atoms with Crippen molar-refractivity contribution in [2.24, 2.45) is 5.41 Å². The van der Waals surface area contributed by atoms with Crippen molar-refractivity contribution in [2.45, 2.75) is 24.8 Å². The fourth-order valence-electron chi connectivity index (χ4n) is 2.58. The van der Waals surface area contributed by atoms with E-state index in [1.165, 1.54) is 6.08 Å². The number of carbonyl (C=O) groups excluding carboxylic acids is 1. The highest BCUT2D eigenvalue weighted by Gasteiger charge is 2.79. The molecule has 1 N–H and O–H groups in total. The summed E-state index contributed by atoms with van der Waals surface area (Å²) in [7, 11) is 0. The van der Waals surface area contributed by atoms with Gasteiger partial charge >= 0.3 is 12.1 Å². The molecule has 1 saturated heterocycles. The normalized spacial score (nSPS) is 32.3. The Labute approximate surface area is 102 Å². The Morgan fingerprint density at radius 2 is 2.17 bits per heavy atom. The van der Waals surface area contributed by atoms with Gasteiger partial charge in [-0.15, -0.1) is 0 Å². The Bertz CT molecular complexity index is 412. The molecule has 1 aliphatic carbocycles. The van der Waals surface area contributed by atoms with Gasteiger partial charge in [0.25, 0.3) is 5.92 Å². The van der Waals surface area contributed by atoms with Crippen LogP contribution in [-0.4, -0.2) is 47.2 Å². The molecule has 1 heterocycles. The maximum Gasteiger partial charge on any atom is 0.410 e.